The minimum Gasteiger partial charge on any atom is -0.464 e. The lowest BCUT2D eigenvalue weighted by atomic mass is 10.2. The normalized spacial score (nSPS) is 10.1. The van der Waals surface area contributed by atoms with Crippen LogP contribution in [-0.2, 0) is 11.3 Å². The van der Waals surface area contributed by atoms with Crippen LogP contribution in [0.3, 0.4) is 0 Å². The quantitative estimate of drug-likeness (QED) is 0.735. The molecule has 0 unspecified atom stereocenters. The summed E-state index contributed by atoms with van der Waals surface area (Å²) in [5, 5.41) is 0. The summed E-state index contributed by atoms with van der Waals surface area (Å²) in [6.45, 7) is 0.616. The second-order valence-corrected chi connectivity index (χ2v) is 3.38. The van der Waals surface area contributed by atoms with Gasteiger partial charge in [0.15, 0.2) is 0 Å². The molecule has 0 spiro atoms. The first kappa shape index (κ1) is 10.4. The highest BCUT2D eigenvalue weighted by molar-refractivity contribution is 5.87. The second kappa shape index (κ2) is 4.61. The maximum absolute atomic E-state index is 11.4. The van der Waals surface area contributed by atoms with Crippen molar-refractivity contribution in [3.8, 4) is 0 Å². The summed E-state index contributed by atoms with van der Waals surface area (Å²) in [7, 11) is 1.36. The summed E-state index contributed by atoms with van der Waals surface area (Å²) in [5.41, 5.74) is 1.58. The average Bonchev–Trinajstić information content (AvgIpc) is 2.77. The van der Waals surface area contributed by atoms with E-state index in [1.165, 1.54) is 13.3 Å². The highest BCUT2D eigenvalue weighted by Gasteiger charge is 2.11. The Bertz CT molecular complexity index is 477. The molecular formula is C12H12N2O2. The number of ether oxygens (including phenoxy) is 1. The van der Waals surface area contributed by atoms with Crippen molar-refractivity contribution in [2.75, 3.05) is 7.11 Å². The molecule has 1 aromatic carbocycles. The van der Waals surface area contributed by atoms with Gasteiger partial charge in [0, 0.05) is 6.54 Å². The lowest BCUT2D eigenvalue weighted by Crippen LogP contribution is -2.10. The Morgan fingerprint density at radius 1 is 1.38 bits per heavy atom. The molecule has 0 saturated carbocycles. The van der Waals surface area contributed by atoms with E-state index in [1.54, 1.807) is 10.9 Å². The topological polar surface area (TPSA) is 44.1 Å². The number of rotatable bonds is 3. The van der Waals surface area contributed by atoms with E-state index in [9.17, 15) is 4.79 Å². The van der Waals surface area contributed by atoms with Gasteiger partial charge in [0.2, 0.25) is 0 Å². The molecule has 4 heteroatoms. The van der Waals surface area contributed by atoms with Gasteiger partial charge < -0.3 is 9.30 Å². The van der Waals surface area contributed by atoms with Crippen molar-refractivity contribution in [1.82, 2.24) is 9.55 Å². The number of esters is 1. The van der Waals surface area contributed by atoms with Crippen molar-refractivity contribution in [1.29, 1.82) is 0 Å². The molecule has 0 bridgehead atoms. The zero-order valence-corrected chi connectivity index (χ0v) is 8.96. The minimum atomic E-state index is -0.367. The van der Waals surface area contributed by atoms with E-state index < -0.39 is 0 Å². The van der Waals surface area contributed by atoms with E-state index in [-0.39, 0.29) is 5.97 Å². The smallest absolute Gasteiger partial charge is 0.356 e. The number of carbonyl (C=O) groups is 1. The Labute approximate surface area is 93.5 Å². The van der Waals surface area contributed by atoms with Crippen molar-refractivity contribution in [3.63, 3.8) is 0 Å². The van der Waals surface area contributed by atoms with Gasteiger partial charge in [-0.1, -0.05) is 30.3 Å². The van der Waals surface area contributed by atoms with Gasteiger partial charge in [0.25, 0.3) is 0 Å². The molecule has 0 fully saturated rings. The van der Waals surface area contributed by atoms with Crippen molar-refractivity contribution in [2.45, 2.75) is 6.54 Å². The van der Waals surface area contributed by atoms with Crippen LogP contribution in [0.25, 0.3) is 0 Å². The van der Waals surface area contributed by atoms with Crippen LogP contribution in [0.4, 0.5) is 0 Å². The molecule has 1 aromatic heterocycles. The first-order valence-corrected chi connectivity index (χ1v) is 4.93. The summed E-state index contributed by atoms with van der Waals surface area (Å²) in [5.74, 6) is -0.367. The molecule has 16 heavy (non-hydrogen) atoms. The molecule has 1 heterocycles. The van der Waals surface area contributed by atoms with Crippen LogP contribution < -0.4 is 0 Å². The lowest BCUT2D eigenvalue weighted by molar-refractivity contribution is 0.0589. The van der Waals surface area contributed by atoms with Crippen LogP contribution in [0, 0.1) is 0 Å². The number of benzene rings is 1. The molecule has 0 radical (unpaired) electrons. The van der Waals surface area contributed by atoms with Crippen molar-refractivity contribution >= 4 is 5.97 Å². The van der Waals surface area contributed by atoms with E-state index in [0.717, 1.165) is 5.56 Å². The SMILES string of the molecule is COC(=O)c1cnc[15n]1Cc1ccccc1. The Hall–Kier alpha value is -2.10. The molecule has 0 amide bonds. The van der Waals surface area contributed by atoms with Crippen molar-refractivity contribution < 1.29 is 9.53 Å². The maximum atomic E-state index is 11.4. The number of methoxy groups -OCH3 is 1. The Morgan fingerprint density at radius 3 is 2.81 bits per heavy atom. The fraction of sp³-hybridized carbons (Fsp3) is 0.167. The number of nitrogens with zero attached hydrogens (tertiary/aromatic N) is 2. The minimum absolute atomic E-state index is 0.367. The zero-order chi connectivity index (χ0) is 11.4. The number of hydrogen-bond donors (Lipinski definition) is 0. The van der Waals surface area contributed by atoms with E-state index in [2.05, 4.69) is 9.72 Å². The Kier molecular flexibility index (Phi) is 3.00. The fourth-order valence-corrected chi connectivity index (χ4v) is 1.50. The predicted octanol–water partition coefficient (Wildman–Crippen LogP) is 1.72. The van der Waals surface area contributed by atoms with Crippen molar-refractivity contribution in [3.05, 3.63) is 54.1 Å². The molecule has 0 aliphatic carbocycles. The monoisotopic (exact) mass is 217 g/mol. The Balaban J connectivity index is 2.22. The molecular weight excluding hydrogens is 205 g/mol. The van der Waals surface area contributed by atoms with Gasteiger partial charge >= 0.3 is 5.97 Å². The number of aromatic nitrogens is 2. The van der Waals surface area contributed by atoms with E-state index >= 15 is 0 Å². The predicted molar refractivity (Wildman–Crippen MR) is 59.1 cm³/mol. The molecule has 82 valence electrons. The van der Waals surface area contributed by atoms with Crippen LogP contribution in [0.5, 0.6) is 0 Å². The standard InChI is InChI=1S/C12H12N2O2/c1-16-12(15)11-7-13-9-14(11)8-10-5-3-2-4-6-10/h2-7,9H,8H2,1H3/i14+1. The van der Waals surface area contributed by atoms with Crippen LogP contribution in [0.2, 0.25) is 0 Å². The third-order valence-corrected chi connectivity index (χ3v) is 2.30. The van der Waals surface area contributed by atoms with Crippen molar-refractivity contribution in [2.24, 2.45) is 0 Å². The van der Waals surface area contributed by atoms with Crippen LogP contribution in [0.1, 0.15) is 16.1 Å². The third kappa shape index (κ3) is 2.11. The lowest BCUT2D eigenvalue weighted by Gasteiger charge is -2.06. The zero-order valence-electron chi connectivity index (χ0n) is 8.96. The largest absolute Gasteiger partial charge is 0.464 e. The summed E-state index contributed by atoms with van der Waals surface area (Å²) in [4.78, 5) is 15.4. The fourth-order valence-electron chi connectivity index (χ4n) is 1.50. The van der Waals surface area contributed by atoms with Crippen LogP contribution in [0.15, 0.2) is 42.9 Å². The van der Waals surface area contributed by atoms with Gasteiger partial charge in [0.1, 0.15) is 5.69 Å². The molecule has 0 saturated heterocycles. The maximum Gasteiger partial charge on any atom is 0.356 e. The van der Waals surface area contributed by atoms with Gasteiger partial charge in [-0.05, 0) is 5.56 Å². The van der Waals surface area contributed by atoms with Gasteiger partial charge in [-0.2, -0.15) is 0 Å². The van der Waals surface area contributed by atoms with E-state index in [4.69, 9.17) is 0 Å². The Morgan fingerprint density at radius 2 is 2.12 bits per heavy atom. The number of hydrogen-bond acceptors (Lipinski definition) is 3. The first-order chi connectivity index (χ1) is 7.81. The molecule has 2 aromatic rings. The number of carbonyl (C=O) groups excluding carboxylic acids is 1. The van der Waals surface area contributed by atoms with Gasteiger partial charge in [0.05, 0.1) is 19.6 Å². The highest BCUT2D eigenvalue weighted by Crippen LogP contribution is 2.06. The summed E-state index contributed by atoms with van der Waals surface area (Å²) >= 11 is 0. The van der Waals surface area contributed by atoms with Crippen LogP contribution >= 0.6 is 0 Å². The van der Waals surface area contributed by atoms with E-state index in [1.807, 2.05) is 30.3 Å². The molecule has 0 aliphatic rings. The average molecular weight is 217 g/mol. The number of imidazole rings is 1. The molecule has 0 atom stereocenters. The van der Waals surface area contributed by atoms with Gasteiger partial charge in [-0.25, -0.2) is 9.78 Å². The molecule has 2 rings (SSSR count). The summed E-state index contributed by atoms with van der Waals surface area (Å²) in [6, 6.07) is 9.88. The molecule has 0 N–H and O–H groups in total. The van der Waals surface area contributed by atoms with Gasteiger partial charge in [-0.3, -0.25) is 0 Å². The van der Waals surface area contributed by atoms with Gasteiger partial charge in [-0.15, -0.1) is 0 Å². The van der Waals surface area contributed by atoms with Crippen LogP contribution in [-0.4, -0.2) is 22.6 Å². The summed E-state index contributed by atoms with van der Waals surface area (Å²) < 4.78 is 6.44. The highest BCUT2D eigenvalue weighted by atomic mass is 16.5. The molecule has 0 aliphatic heterocycles. The second-order valence-electron chi connectivity index (χ2n) is 3.38. The summed E-state index contributed by atoms with van der Waals surface area (Å²) in [6.07, 6.45) is 3.13. The van der Waals surface area contributed by atoms with E-state index in [0.29, 0.717) is 12.2 Å². The third-order valence-electron chi connectivity index (χ3n) is 2.30. The first-order valence-electron chi connectivity index (χ1n) is 4.93. The molecule has 4 nitrogen and oxygen atoms in total.